The molecule has 2 aromatic rings. The minimum atomic E-state index is -0.159. The Bertz CT molecular complexity index is 586. The molecule has 0 bridgehead atoms. The van der Waals surface area contributed by atoms with Gasteiger partial charge in [-0.1, -0.05) is 12.1 Å². The summed E-state index contributed by atoms with van der Waals surface area (Å²) in [5, 5.41) is 0. The first-order valence-corrected chi connectivity index (χ1v) is 6.13. The van der Waals surface area contributed by atoms with Gasteiger partial charge in [-0.15, -0.1) is 0 Å². The predicted octanol–water partition coefficient (Wildman–Crippen LogP) is 2.70. The zero-order valence-corrected chi connectivity index (χ0v) is 11.4. The van der Waals surface area contributed by atoms with Crippen molar-refractivity contribution in [3.05, 3.63) is 52.6 Å². The molecule has 0 aliphatic heterocycles. The molecule has 0 radical (unpaired) electrons. The molecule has 18 heavy (non-hydrogen) atoms. The highest BCUT2D eigenvalue weighted by Gasteiger charge is 2.18. The van der Waals surface area contributed by atoms with Crippen molar-refractivity contribution in [3.63, 3.8) is 0 Å². The van der Waals surface area contributed by atoms with Crippen molar-refractivity contribution in [3.8, 4) is 0 Å². The van der Waals surface area contributed by atoms with Gasteiger partial charge in [0, 0.05) is 17.7 Å². The number of rotatable bonds is 2. The molecule has 5 heteroatoms. The van der Waals surface area contributed by atoms with Crippen molar-refractivity contribution in [1.82, 2.24) is 4.98 Å². The van der Waals surface area contributed by atoms with Gasteiger partial charge in [0.2, 0.25) is 0 Å². The number of nitrogens with two attached hydrogens (primary N) is 1. The van der Waals surface area contributed by atoms with E-state index in [2.05, 4.69) is 20.9 Å². The van der Waals surface area contributed by atoms with Crippen LogP contribution in [0.3, 0.4) is 0 Å². The average molecular weight is 306 g/mol. The number of anilines is 2. The molecule has 0 aliphatic rings. The van der Waals surface area contributed by atoms with Crippen LogP contribution in [0.5, 0.6) is 0 Å². The van der Waals surface area contributed by atoms with E-state index in [4.69, 9.17) is 5.73 Å². The smallest absolute Gasteiger partial charge is 0.260 e. The number of aromatic nitrogens is 1. The Labute approximate surface area is 114 Å². The molecule has 1 aromatic carbocycles. The highest BCUT2D eigenvalue weighted by molar-refractivity contribution is 9.10. The summed E-state index contributed by atoms with van der Waals surface area (Å²) in [5.41, 5.74) is 6.85. The monoisotopic (exact) mass is 305 g/mol. The van der Waals surface area contributed by atoms with E-state index < -0.39 is 0 Å². The lowest BCUT2D eigenvalue weighted by Crippen LogP contribution is -2.28. The molecule has 0 atom stereocenters. The van der Waals surface area contributed by atoms with Crippen LogP contribution in [0.2, 0.25) is 0 Å². The van der Waals surface area contributed by atoms with E-state index in [1.807, 2.05) is 18.2 Å². The Balaban J connectivity index is 2.36. The minimum Gasteiger partial charge on any atom is -0.396 e. The largest absolute Gasteiger partial charge is 0.396 e. The van der Waals surface area contributed by atoms with Crippen LogP contribution in [-0.2, 0) is 0 Å². The molecule has 2 N–H and O–H groups in total. The van der Waals surface area contributed by atoms with E-state index >= 15 is 0 Å². The topological polar surface area (TPSA) is 59.2 Å². The fourth-order valence-electron chi connectivity index (χ4n) is 1.60. The summed E-state index contributed by atoms with van der Waals surface area (Å²) in [6.07, 6.45) is 1.61. The van der Waals surface area contributed by atoms with Crippen LogP contribution in [-0.4, -0.2) is 17.9 Å². The maximum absolute atomic E-state index is 12.3. The van der Waals surface area contributed by atoms with Gasteiger partial charge in [-0.3, -0.25) is 9.69 Å². The Morgan fingerprint density at radius 2 is 2.00 bits per heavy atom. The first-order valence-electron chi connectivity index (χ1n) is 5.34. The molecule has 0 saturated heterocycles. The molecule has 4 nitrogen and oxygen atoms in total. The van der Waals surface area contributed by atoms with E-state index in [-0.39, 0.29) is 5.91 Å². The minimum absolute atomic E-state index is 0.159. The predicted molar refractivity (Wildman–Crippen MR) is 75.5 cm³/mol. The van der Waals surface area contributed by atoms with Crippen molar-refractivity contribution >= 4 is 33.3 Å². The number of nitrogens with zero attached hydrogens (tertiary/aromatic N) is 2. The standard InChI is InChI=1S/C13H12BrN3O/c1-17(12-11(15)7-4-8-16-12)13(18)9-5-2-3-6-10(9)14/h2-8H,15H2,1H3. The fourth-order valence-corrected chi connectivity index (χ4v) is 2.06. The van der Waals surface area contributed by atoms with Gasteiger partial charge in [0.05, 0.1) is 11.3 Å². The molecule has 92 valence electrons. The van der Waals surface area contributed by atoms with Crippen LogP contribution in [0.4, 0.5) is 11.5 Å². The van der Waals surface area contributed by atoms with Crippen LogP contribution < -0.4 is 10.6 Å². The Kier molecular flexibility index (Phi) is 3.62. The van der Waals surface area contributed by atoms with Gasteiger partial charge in [-0.2, -0.15) is 0 Å². The number of nitrogen functional groups attached to an aromatic ring is 1. The van der Waals surface area contributed by atoms with Crippen molar-refractivity contribution in [2.24, 2.45) is 0 Å². The van der Waals surface area contributed by atoms with Gasteiger partial charge in [-0.05, 0) is 40.2 Å². The zero-order valence-electron chi connectivity index (χ0n) is 9.80. The summed E-state index contributed by atoms with van der Waals surface area (Å²) in [6.45, 7) is 0. The molecule has 0 fully saturated rings. The van der Waals surface area contributed by atoms with Crippen molar-refractivity contribution in [2.45, 2.75) is 0 Å². The second kappa shape index (κ2) is 5.18. The molecule has 1 heterocycles. The number of benzene rings is 1. The third-order valence-corrected chi connectivity index (χ3v) is 3.23. The van der Waals surface area contributed by atoms with E-state index in [9.17, 15) is 4.79 Å². The Morgan fingerprint density at radius 1 is 1.28 bits per heavy atom. The van der Waals surface area contributed by atoms with Crippen LogP contribution in [0.25, 0.3) is 0 Å². The summed E-state index contributed by atoms with van der Waals surface area (Å²) in [5.74, 6) is 0.297. The van der Waals surface area contributed by atoms with E-state index in [0.29, 0.717) is 17.1 Å². The molecule has 0 spiro atoms. The summed E-state index contributed by atoms with van der Waals surface area (Å²) in [4.78, 5) is 17.9. The lowest BCUT2D eigenvalue weighted by Gasteiger charge is -2.18. The zero-order chi connectivity index (χ0) is 13.1. The van der Waals surface area contributed by atoms with Crippen LogP contribution >= 0.6 is 15.9 Å². The summed E-state index contributed by atoms with van der Waals surface area (Å²) < 4.78 is 0.747. The molecule has 0 unspecified atom stereocenters. The quantitative estimate of drug-likeness (QED) is 0.928. The third-order valence-electron chi connectivity index (χ3n) is 2.54. The normalized spacial score (nSPS) is 10.1. The number of carbonyl (C=O) groups is 1. The molecule has 1 aromatic heterocycles. The molecular weight excluding hydrogens is 294 g/mol. The summed E-state index contributed by atoms with van der Waals surface area (Å²) in [7, 11) is 1.65. The van der Waals surface area contributed by atoms with Crippen LogP contribution in [0.1, 0.15) is 10.4 Å². The van der Waals surface area contributed by atoms with Gasteiger partial charge in [0.15, 0.2) is 5.82 Å². The Morgan fingerprint density at radius 3 is 2.67 bits per heavy atom. The number of halogens is 1. The maximum Gasteiger partial charge on any atom is 0.260 e. The van der Waals surface area contributed by atoms with Gasteiger partial charge < -0.3 is 5.73 Å². The van der Waals surface area contributed by atoms with Crippen LogP contribution in [0, 0.1) is 0 Å². The van der Waals surface area contributed by atoms with Crippen molar-refractivity contribution < 1.29 is 4.79 Å². The van der Waals surface area contributed by atoms with Gasteiger partial charge in [-0.25, -0.2) is 4.98 Å². The summed E-state index contributed by atoms with van der Waals surface area (Å²) >= 11 is 3.36. The molecule has 1 amide bonds. The van der Waals surface area contributed by atoms with E-state index in [1.54, 1.807) is 31.4 Å². The summed E-state index contributed by atoms with van der Waals surface area (Å²) in [6, 6.07) is 10.7. The lowest BCUT2D eigenvalue weighted by molar-refractivity contribution is 0.0991. The molecule has 2 rings (SSSR count). The molecular formula is C13H12BrN3O. The number of pyridine rings is 1. The molecule has 0 aliphatic carbocycles. The maximum atomic E-state index is 12.3. The average Bonchev–Trinajstić information content (AvgIpc) is 2.38. The number of amides is 1. The van der Waals surface area contributed by atoms with E-state index in [1.165, 1.54) is 4.90 Å². The van der Waals surface area contributed by atoms with Crippen molar-refractivity contribution in [2.75, 3.05) is 17.7 Å². The third kappa shape index (κ3) is 2.36. The highest BCUT2D eigenvalue weighted by atomic mass is 79.9. The Hall–Kier alpha value is -1.88. The van der Waals surface area contributed by atoms with Crippen molar-refractivity contribution in [1.29, 1.82) is 0 Å². The lowest BCUT2D eigenvalue weighted by atomic mass is 10.2. The highest BCUT2D eigenvalue weighted by Crippen LogP contribution is 2.23. The fraction of sp³-hybridized carbons (Fsp3) is 0.0769. The van der Waals surface area contributed by atoms with Gasteiger partial charge in [0.25, 0.3) is 5.91 Å². The van der Waals surface area contributed by atoms with Gasteiger partial charge in [0.1, 0.15) is 0 Å². The van der Waals surface area contributed by atoms with Gasteiger partial charge >= 0.3 is 0 Å². The first-order chi connectivity index (χ1) is 8.61. The number of hydrogen-bond acceptors (Lipinski definition) is 3. The van der Waals surface area contributed by atoms with Crippen LogP contribution in [0.15, 0.2) is 47.1 Å². The number of hydrogen-bond donors (Lipinski definition) is 1. The first kappa shape index (κ1) is 12.6. The second-order valence-corrected chi connectivity index (χ2v) is 4.61. The van der Waals surface area contributed by atoms with E-state index in [0.717, 1.165) is 4.47 Å². The second-order valence-electron chi connectivity index (χ2n) is 3.76. The molecule has 0 saturated carbocycles. The SMILES string of the molecule is CN(C(=O)c1ccccc1Br)c1ncccc1N. The number of carbonyl (C=O) groups excluding carboxylic acids is 1.